The molecular formula is C17H27N3. The van der Waals surface area contributed by atoms with Crippen molar-refractivity contribution in [1.29, 1.82) is 0 Å². The summed E-state index contributed by atoms with van der Waals surface area (Å²) in [7, 11) is 2.11. The van der Waals surface area contributed by atoms with Gasteiger partial charge in [-0.1, -0.05) is 45.1 Å². The first-order chi connectivity index (χ1) is 9.76. The minimum absolute atomic E-state index is 0.591. The van der Waals surface area contributed by atoms with Crippen molar-refractivity contribution in [2.24, 2.45) is 12.8 Å². The standard InChI is InChI=1S/C17H27N3/c1-3-4-5-6-7-8-9-17-19-15-11-10-14(13-18)12-16(15)20(17)2/h10-12H,3-9,13,18H2,1-2H3. The number of unbranched alkanes of at least 4 members (excludes halogenated alkanes) is 5. The lowest BCUT2D eigenvalue weighted by atomic mass is 10.1. The number of fused-ring (bicyclic) bond motifs is 1. The van der Waals surface area contributed by atoms with Crippen LogP contribution in [0.3, 0.4) is 0 Å². The number of hydrogen-bond donors (Lipinski definition) is 1. The quantitative estimate of drug-likeness (QED) is 0.740. The Labute approximate surface area is 122 Å². The maximum atomic E-state index is 5.71. The molecule has 20 heavy (non-hydrogen) atoms. The fraction of sp³-hybridized carbons (Fsp3) is 0.588. The second-order valence-corrected chi connectivity index (χ2v) is 5.63. The predicted molar refractivity (Wildman–Crippen MR) is 85.7 cm³/mol. The molecule has 2 aromatic rings. The summed E-state index contributed by atoms with van der Waals surface area (Å²) in [5, 5.41) is 0. The van der Waals surface area contributed by atoms with Gasteiger partial charge in [-0.25, -0.2) is 4.98 Å². The maximum Gasteiger partial charge on any atom is 0.109 e. The molecule has 0 aliphatic carbocycles. The zero-order valence-corrected chi connectivity index (χ0v) is 12.9. The van der Waals surface area contributed by atoms with Gasteiger partial charge >= 0.3 is 0 Å². The molecule has 0 bridgehead atoms. The molecule has 110 valence electrons. The molecule has 1 aromatic heterocycles. The lowest BCUT2D eigenvalue weighted by Gasteiger charge is -2.03. The number of hydrogen-bond acceptors (Lipinski definition) is 2. The van der Waals surface area contributed by atoms with E-state index in [2.05, 4.69) is 36.7 Å². The Balaban J connectivity index is 1.95. The van der Waals surface area contributed by atoms with E-state index in [9.17, 15) is 0 Å². The van der Waals surface area contributed by atoms with Crippen molar-refractivity contribution in [1.82, 2.24) is 9.55 Å². The number of nitrogens with two attached hydrogens (primary N) is 1. The lowest BCUT2D eigenvalue weighted by Crippen LogP contribution is -1.99. The van der Waals surface area contributed by atoms with Crippen LogP contribution in [0, 0.1) is 0 Å². The Bertz CT molecular complexity index is 542. The van der Waals surface area contributed by atoms with Crippen LogP contribution in [0.2, 0.25) is 0 Å². The van der Waals surface area contributed by atoms with Crippen LogP contribution < -0.4 is 5.73 Å². The van der Waals surface area contributed by atoms with Crippen LogP contribution in [-0.4, -0.2) is 9.55 Å². The highest BCUT2D eigenvalue weighted by molar-refractivity contribution is 5.76. The Morgan fingerprint density at radius 3 is 2.60 bits per heavy atom. The average molecular weight is 273 g/mol. The molecule has 0 atom stereocenters. The van der Waals surface area contributed by atoms with Gasteiger partial charge in [0.15, 0.2) is 0 Å². The van der Waals surface area contributed by atoms with Crippen LogP contribution in [0.4, 0.5) is 0 Å². The molecule has 0 unspecified atom stereocenters. The number of rotatable bonds is 8. The highest BCUT2D eigenvalue weighted by atomic mass is 15.1. The van der Waals surface area contributed by atoms with Crippen LogP contribution in [0.5, 0.6) is 0 Å². The molecular weight excluding hydrogens is 246 g/mol. The lowest BCUT2D eigenvalue weighted by molar-refractivity contribution is 0.596. The first kappa shape index (κ1) is 15.0. The van der Waals surface area contributed by atoms with E-state index in [1.165, 1.54) is 55.4 Å². The van der Waals surface area contributed by atoms with Crippen molar-refractivity contribution in [2.45, 2.75) is 58.4 Å². The molecule has 0 fully saturated rings. The second kappa shape index (κ2) is 7.44. The van der Waals surface area contributed by atoms with Crippen LogP contribution in [0.1, 0.15) is 56.8 Å². The number of aromatic nitrogens is 2. The highest BCUT2D eigenvalue weighted by Crippen LogP contribution is 2.18. The zero-order chi connectivity index (χ0) is 14.4. The Hall–Kier alpha value is -1.35. The molecule has 2 rings (SSSR count). The van der Waals surface area contributed by atoms with E-state index in [1.807, 2.05) is 0 Å². The van der Waals surface area contributed by atoms with Gasteiger partial charge < -0.3 is 10.3 Å². The summed E-state index contributed by atoms with van der Waals surface area (Å²) in [6.07, 6.45) is 9.05. The Morgan fingerprint density at radius 1 is 1.10 bits per heavy atom. The normalized spacial score (nSPS) is 11.3. The summed E-state index contributed by atoms with van der Waals surface area (Å²) in [5.41, 5.74) is 9.17. The van der Waals surface area contributed by atoms with E-state index in [0.29, 0.717) is 6.54 Å². The molecule has 3 nitrogen and oxygen atoms in total. The van der Waals surface area contributed by atoms with E-state index in [-0.39, 0.29) is 0 Å². The first-order valence-electron chi connectivity index (χ1n) is 7.90. The number of benzene rings is 1. The molecule has 1 heterocycles. The summed E-state index contributed by atoms with van der Waals surface area (Å²) >= 11 is 0. The van der Waals surface area contributed by atoms with Crippen LogP contribution in [0.25, 0.3) is 11.0 Å². The summed E-state index contributed by atoms with van der Waals surface area (Å²) in [6, 6.07) is 6.32. The third-order valence-corrected chi connectivity index (χ3v) is 4.03. The van der Waals surface area contributed by atoms with E-state index in [1.54, 1.807) is 0 Å². The van der Waals surface area contributed by atoms with Gasteiger partial charge in [-0.2, -0.15) is 0 Å². The van der Waals surface area contributed by atoms with Crippen molar-refractivity contribution in [2.75, 3.05) is 0 Å². The third kappa shape index (κ3) is 3.60. The summed E-state index contributed by atoms with van der Waals surface area (Å²) in [4.78, 5) is 4.74. The molecule has 0 amide bonds. The molecule has 0 saturated heterocycles. The van der Waals surface area contributed by atoms with Crippen molar-refractivity contribution < 1.29 is 0 Å². The van der Waals surface area contributed by atoms with Gasteiger partial charge in [-0.3, -0.25) is 0 Å². The van der Waals surface area contributed by atoms with Crippen molar-refractivity contribution >= 4 is 11.0 Å². The van der Waals surface area contributed by atoms with Gasteiger partial charge in [-0.15, -0.1) is 0 Å². The SMILES string of the molecule is CCCCCCCCc1nc2ccc(CN)cc2n1C. The van der Waals surface area contributed by atoms with Crippen LogP contribution in [0.15, 0.2) is 18.2 Å². The van der Waals surface area contributed by atoms with Gasteiger partial charge in [0.2, 0.25) is 0 Å². The van der Waals surface area contributed by atoms with Gasteiger partial charge in [0.05, 0.1) is 11.0 Å². The monoisotopic (exact) mass is 273 g/mol. The van der Waals surface area contributed by atoms with Gasteiger partial charge in [0, 0.05) is 20.0 Å². The fourth-order valence-electron chi connectivity index (χ4n) is 2.70. The molecule has 1 aromatic carbocycles. The molecule has 0 spiro atoms. The molecule has 0 aliphatic heterocycles. The Morgan fingerprint density at radius 2 is 1.85 bits per heavy atom. The third-order valence-electron chi connectivity index (χ3n) is 4.03. The summed E-state index contributed by atoms with van der Waals surface area (Å²) in [6.45, 7) is 2.85. The number of aryl methyl sites for hydroxylation is 2. The largest absolute Gasteiger partial charge is 0.331 e. The second-order valence-electron chi connectivity index (χ2n) is 5.63. The van der Waals surface area contributed by atoms with Crippen molar-refractivity contribution in [3.63, 3.8) is 0 Å². The molecule has 0 aliphatic rings. The van der Waals surface area contributed by atoms with Crippen LogP contribution in [-0.2, 0) is 20.0 Å². The smallest absolute Gasteiger partial charge is 0.109 e. The number of imidazole rings is 1. The average Bonchev–Trinajstić information content (AvgIpc) is 2.79. The Kier molecular flexibility index (Phi) is 5.60. The molecule has 3 heteroatoms. The van der Waals surface area contributed by atoms with E-state index in [4.69, 9.17) is 10.7 Å². The first-order valence-corrected chi connectivity index (χ1v) is 7.90. The van der Waals surface area contributed by atoms with E-state index in [0.717, 1.165) is 11.9 Å². The fourth-order valence-corrected chi connectivity index (χ4v) is 2.70. The van der Waals surface area contributed by atoms with Gasteiger partial charge in [0.1, 0.15) is 5.82 Å². The maximum absolute atomic E-state index is 5.71. The number of nitrogens with zero attached hydrogens (tertiary/aromatic N) is 2. The van der Waals surface area contributed by atoms with Gasteiger partial charge in [0.25, 0.3) is 0 Å². The summed E-state index contributed by atoms with van der Waals surface area (Å²) < 4.78 is 2.22. The minimum Gasteiger partial charge on any atom is -0.331 e. The predicted octanol–water partition coefficient (Wildman–Crippen LogP) is 3.94. The van der Waals surface area contributed by atoms with Crippen LogP contribution >= 0.6 is 0 Å². The van der Waals surface area contributed by atoms with Crippen molar-refractivity contribution in [3.8, 4) is 0 Å². The summed E-state index contributed by atoms with van der Waals surface area (Å²) in [5.74, 6) is 1.20. The topological polar surface area (TPSA) is 43.8 Å². The highest BCUT2D eigenvalue weighted by Gasteiger charge is 2.07. The van der Waals surface area contributed by atoms with Crippen molar-refractivity contribution in [3.05, 3.63) is 29.6 Å². The molecule has 0 radical (unpaired) electrons. The van der Waals surface area contributed by atoms with Gasteiger partial charge in [-0.05, 0) is 24.1 Å². The molecule has 2 N–H and O–H groups in total. The zero-order valence-electron chi connectivity index (χ0n) is 12.9. The van der Waals surface area contributed by atoms with E-state index < -0.39 is 0 Å². The minimum atomic E-state index is 0.591. The molecule has 0 saturated carbocycles. The van der Waals surface area contributed by atoms with E-state index >= 15 is 0 Å².